The summed E-state index contributed by atoms with van der Waals surface area (Å²) in [6.45, 7) is 3.43. The summed E-state index contributed by atoms with van der Waals surface area (Å²) in [5.41, 5.74) is 0. The lowest BCUT2D eigenvalue weighted by molar-refractivity contribution is -0.121. The van der Waals surface area contributed by atoms with Crippen LogP contribution in [0.5, 0.6) is 0 Å². The highest BCUT2D eigenvalue weighted by atomic mass is 32.2. The molecular formula is C15H25FN2O5S. The van der Waals surface area contributed by atoms with Crippen molar-refractivity contribution in [1.29, 1.82) is 0 Å². The van der Waals surface area contributed by atoms with Crippen LogP contribution in [-0.2, 0) is 19.7 Å². The Labute approximate surface area is 141 Å². The lowest BCUT2D eigenvalue weighted by Crippen LogP contribution is -2.59. The number of aliphatic hydroxyl groups is 1. The number of carbonyl (C=O) groups excluding carboxylic acids is 1. The van der Waals surface area contributed by atoms with E-state index in [2.05, 4.69) is 0 Å². The number of nitrogens with zero attached hydrogens (tertiary/aromatic N) is 1. The van der Waals surface area contributed by atoms with Crippen LogP contribution >= 0.6 is 0 Å². The zero-order valence-electron chi connectivity index (χ0n) is 13.9. The smallest absolute Gasteiger partial charge is 0.304 e. The molecule has 24 heavy (non-hydrogen) atoms. The third-order valence-electron chi connectivity index (χ3n) is 5.32. The zero-order valence-corrected chi connectivity index (χ0v) is 14.7. The summed E-state index contributed by atoms with van der Waals surface area (Å²) in [7, 11) is -4.07. The molecule has 2 N–H and O–H groups in total. The fourth-order valence-electron chi connectivity index (χ4n) is 4.41. The lowest BCUT2D eigenvalue weighted by atomic mass is 9.66. The van der Waals surface area contributed by atoms with Crippen molar-refractivity contribution in [2.24, 2.45) is 11.8 Å². The number of aliphatic hydroxyl groups excluding tert-OH is 1. The first-order valence-electron chi connectivity index (χ1n) is 8.49. The fraction of sp³-hybridized carbons (Fsp3) is 0.933. The first-order chi connectivity index (χ1) is 11.2. The molecule has 0 spiro atoms. The summed E-state index contributed by atoms with van der Waals surface area (Å²) < 4.78 is 47.7. The van der Waals surface area contributed by atoms with Crippen LogP contribution in [0.15, 0.2) is 0 Å². The van der Waals surface area contributed by atoms with Crippen molar-refractivity contribution in [2.75, 3.05) is 6.54 Å². The normalized spacial score (nSPS) is 42.8. The van der Waals surface area contributed by atoms with Gasteiger partial charge in [-0.25, -0.2) is 9.11 Å². The van der Waals surface area contributed by atoms with E-state index in [1.54, 1.807) is 0 Å². The molecular weight excluding hydrogens is 339 g/mol. The quantitative estimate of drug-likeness (QED) is 0.753. The Hall–Kier alpha value is -0.770. The van der Waals surface area contributed by atoms with Crippen molar-refractivity contribution in [3.8, 4) is 0 Å². The van der Waals surface area contributed by atoms with Crippen LogP contribution in [0.1, 0.15) is 39.5 Å². The van der Waals surface area contributed by atoms with E-state index in [-0.39, 0.29) is 24.0 Å². The average Bonchev–Trinajstić information content (AvgIpc) is 2.72. The van der Waals surface area contributed by atoms with Gasteiger partial charge in [-0.2, -0.15) is 12.7 Å². The number of hydrogen-bond donors (Lipinski definition) is 2. The van der Waals surface area contributed by atoms with Crippen LogP contribution in [0.4, 0.5) is 4.39 Å². The van der Waals surface area contributed by atoms with Crippen LogP contribution in [0.2, 0.25) is 0 Å². The number of carbonyl (C=O) groups is 1. The molecule has 6 unspecified atom stereocenters. The standard InChI is InChI=1S/C15H25FN2O5S/c1-8(2)23-10-4-3-9-5-12(19)15(14(16)11(9)6-10)18-7-13(20)17-24(18,21)22/h8-12,14-15,19H,3-7H2,1-2H3,(H,17,20). The van der Waals surface area contributed by atoms with E-state index in [0.717, 1.165) is 17.1 Å². The van der Waals surface area contributed by atoms with Crippen molar-refractivity contribution >= 4 is 16.1 Å². The molecule has 1 saturated heterocycles. The summed E-state index contributed by atoms with van der Waals surface area (Å²) >= 11 is 0. The molecule has 0 bridgehead atoms. The van der Waals surface area contributed by atoms with Gasteiger partial charge in [0.2, 0.25) is 5.91 Å². The van der Waals surface area contributed by atoms with E-state index in [4.69, 9.17) is 4.74 Å². The topological polar surface area (TPSA) is 95.9 Å². The number of fused-ring (bicyclic) bond motifs is 1. The highest BCUT2D eigenvalue weighted by Crippen LogP contribution is 2.45. The van der Waals surface area contributed by atoms with Crippen molar-refractivity contribution in [1.82, 2.24) is 9.03 Å². The summed E-state index contributed by atoms with van der Waals surface area (Å²) in [5, 5.41) is 10.4. The summed E-state index contributed by atoms with van der Waals surface area (Å²) in [6.07, 6.45) is -0.161. The number of alkyl halides is 1. The highest BCUT2D eigenvalue weighted by Gasteiger charge is 2.53. The largest absolute Gasteiger partial charge is 0.391 e. The Balaban J connectivity index is 1.79. The van der Waals surface area contributed by atoms with Gasteiger partial charge in [0.1, 0.15) is 6.17 Å². The Morgan fingerprint density at radius 1 is 1.33 bits per heavy atom. The SMILES string of the molecule is CC(C)OC1CCC2CC(O)C(N3CC(=O)NS3(=O)=O)C(F)C2C1. The number of amides is 1. The fourth-order valence-corrected chi connectivity index (χ4v) is 5.75. The Kier molecular flexibility index (Phi) is 4.89. The molecule has 3 aliphatic rings. The summed E-state index contributed by atoms with van der Waals surface area (Å²) in [4.78, 5) is 11.4. The minimum absolute atomic E-state index is 0.0206. The molecule has 2 aliphatic carbocycles. The minimum atomic E-state index is -4.07. The maximum absolute atomic E-state index is 15.2. The molecule has 3 rings (SSSR count). The Morgan fingerprint density at radius 3 is 2.62 bits per heavy atom. The molecule has 0 aromatic heterocycles. The van der Waals surface area contributed by atoms with Crippen LogP contribution in [0.3, 0.4) is 0 Å². The van der Waals surface area contributed by atoms with Gasteiger partial charge >= 0.3 is 10.2 Å². The van der Waals surface area contributed by atoms with E-state index < -0.39 is 41.0 Å². The second-order valence-corrected chi connectivity index (χ2v) is 8.98. The lowest BCUT2D eigenvalue weighted by Gasteiger charge is -2.47. The molecule has 0 radical (unpaired) electrons. The number of halogens is 1. The van der Waals surface area contributed by atoms with Crippen molar-refractivity contribution in [3.05, 3.63) is 0 Å². The van der Waals surface area contributed by atoms with Crippen LogP contribution in [-0.4, -0.2) is 60.8 Å². The Morgan fingerprint density at radius 2 is 2.04 bits per heavy atom. The third-order valence-corrected chi connectivity index (χ3v) is 6.80. The van der Waals surface area contributed by atoms with E-state index in [0.29, 0.717) is 12.8 Å². The first-order valence-corrected chi connectivity index (χ1v) is 9.93. The monoisotopic (exact) mass is 364 g/mol. The van der Waals surface area contributed by atoms with Gasteiger partial charge in [0, 0.05) is 0 Å². The first kappa shape index (κ1) is 18.0. The van der Waals surface area contributed by atoms with Gasteiger partial charge in [0.25, 0.3) is 0 Å². The summed E-state index contributed by atoms with van der Waals surface area (Å²) in [5.74, 6) is -1.03. The molecule has 3 fully saturated rings. The summed E-state index contributed by atoms with van der Waals surface area (Å²) in [6, 6.07) is -1.21. The van der Waals surface area contributed by atoms with Gasteiger partial charge in [-0.05, 0) is 51.4 Å². The van der Waals surface area contributed by atoms with Crippen molar-refractivity contribution < 1.29 is 27.4 Å². The molecule has 0 aromatic carbocycles. The van der Waals surface area contributed by atoms with E-state index in [1.165, 1.54) is 0 Å². The molecule has 9 heteroatoms. The highest BCUT2D eigenvalue weighted by molar-refractivity contribution is 7.88. The molecule has 0 aromatic rings. The molecule has 1 aliphatic heterocycles. The van der Waals surface area contributed by atoms with Gasteiger partial charge < -0.3 is 9.84 Å². The molecule has 138 valence electrons. The molecule has 6 atom stereocenters. The maximum atomic E-state index is 15.2. The van der Waals surface area contributed by atoms with E-state index >= 15 is 4.39 Å². The molecule has 7 nitrogen and oxygen atoms in total. The number of hydrogen-bond acceptors (Lipinski definition) is 5. The van der Waals surface area contributed by atoms with Crippen LogP contribution < -0.4 is 4.72 Å². The minimum Gasteiger partial charge on any atom is -0.391 e. The van der Waals surface area contributed by atoms with Gasteiger partial charge in [-0.1, -0.05) is 0 Å². The second kappa shape index (κ2) is 6.51. The predicted octanol–water partition coefficient (Wildman–Crippen LogP) is 0.344. The number of rotatable bonds is 3. The van der Waals surface area contributed by atoms with Gasteiger partial charge in [-0.15, -0.1) is 0 Å². The average molecular weight is 364 g/mol. The third kappa shape index (κ3) is 3.31. The second-order valence-electron chi connectivity index (χ2n) is 7.36. The van der Waals surface area contributed by atoms with Gasteiger partial charge in [0.15, 0.2) is 0 Å². The number of ether oxygens (including phenoxy) is 1. The van der Waals surface area contributed by atoms with Crippen molar-refractivity contribution in [3.63, 3.8) is 0 Å². The number of nitrogens with one attached hydrogen (secondary N) is 1. The van der Waals surface area contributed by atoms with E-state index in [9.17, 15) is 18.3 Å². The molecule has 1 amide bonds. The zero-order chi connectivity index (χ0) is 17.6. The maximum Gasteiger partial charge on any atom is 0.304 e. The predicted molar refractivity (Wildman–Crippen MR) is 83.9 cm³/mol. The van der Waals surface area contributed by atoms with Crippen LogP contribution in [0, 0.1) is 11.8 Å². The van der Waals surface area contributed by atoms with Crippen LogP contribution in [0.25, 0.3) is 0 Å². The van der Waals surface area contributed by atoms with Crippen molar-refractivity contribution in [2.45, 2.75) is 70.1 Å². The van der Waals surface area contributed by atoms with Gasteiger partial charge in [0.05, 0.1) is 30.9 Å². The van der Waals surface area contributed by atoms with E-state index in [1.807, 2.05) is 18.6 Å². The molecule has 2 saturated carbocycles. The van der Waals surface area contributed by atoms with Gasteiger partial charge in [-0.3, -0.25) is 4.79 Å². The molecule has 1 heterocycles. The Bertz CT molecular complexity index is 599.